The minimum atomic E-state index is -4.55. The van der Waals surface area contributed by atoms with Crippen LogP contribution in [0.25, 0.3) is 0 Å². The van der Waals surface area contributed by atoms with E-state index in [0.29, 0.717) is 22.1 Å². The third kappa shape index (κ3) is 8.24. The predicted octanol–water partition coefficient (Wildman–Crippen LogP) is 6.15. The average Bonchev–Trinajstić information content (AvgIpc) is 3.03. The first-order chi connectivity index (χ1) is 21.9. The summed E-state index contributed by atoms with van der Waals surface area (Å²) in [5.74, 6) is 0.169. The lowest BCUT2D eigenvalue weighted by Gasteiger charge is -2.25. The van der Waals surface area contributed by atoms with E-state index in [9.17, 15) is 23.3 Å². The summed E-state index contributed by atoms with van der Waals surface area (Å²) in [6, 6.07) is 19.9. The molecule has 1 N–H and O–H groups in total. The lowest BCUT2D eigenvalue weighted by atomic mass is 10.2. The lowest BCUT2D eigenvalue weighted by molar-refractivity contribution is -0.385. The van der Waals surface area contributed by atoms with Gasteiger partial charge in [0, 0.05) is 21.7 Å². The van der Waals surface area contributed by atoms with Crippen LogP contribution in [0.2, 0.25) is 10.0 Å². The summed E-state index contributed by atoms with van der Waals surface area (Å²) < 4.78 is 45.1. The van der Waals surface area contributed by atoms with Gasteiger partial charge < -0.3 is 14.2 Å². The van der Waals surface area contributed by atoms with Gasteiger partial charge in [-0.15, -0.1) is 0 Å². The van der Waals surface area contributed by atoms with Crippen molar-refractivity contribution >= 4 is 56.7 Å². The van der Waals surface area contributed by atoms with Crippen molar-refractivity contribution in [2.75, 3.05) is 25.1 Å². The molecule has 12 nitrogen and oxygen atoms in total. The molecule has 0 heterocycles. The van der Waals surface area contributed by atoms with E-state index in [4.69, 9.17) is 37.4 Å². The van der Waals surface area contributed by atoms with Crippen molar-refractivity contribution in [3.8, 4) is 17.2 Å². The Kier molecular flexibility index (Phi) is 11.1. The Morgan fingerprint density at radius 1 is 0.935 bits per heavy atom. The smallest absolute Gasteiger partial charge is 0.273 e. The summed E-state index contributed by atoms with van der Waals surface area (Å²) >= 11 is 12.1. The number of methoxy groups -OCH3 is 2. The molecule has 0 unspecified atom stereocenters. The zero-order valence-electron chi connectivity index (χ0n) is 24.8. The zero-order valence-corrected chi connectivity index (χ0v) is 27.1. The van der Waals surface area contributed by atoms with Crippen LogP contribution in [0.15, 0.2) is 88.9 Å². The molecule has 0 aliphatic carbocycles. The molecule has 4 aromatic carbocycles. The number of nitrogens with zero attached hydrogens (tertiary/aromatic N) is 3. The highest BCUT2D eigenvalue weighted by atomic mass is 35.5. The zero-order chi connectivity index (χ0) is 33.4. The van der Waals surface area contributed by atoms with Gasteiger partial charge in [-0.25, -0.2) is 13.8 Å². The first kappa shape index (κ1) is 34.0. The fraction of sp³-hybridized carbons (Fsp3) is 0.161. The maximum absolute atomic E-state index is 13.8. The molecule has 4 aromatic rings. The second-order valence-corrected chi connectivity index (χ2v) is 12.4. The van der Waals surface area contributed by atoms with Gasteiger partial charge in [-0.3, -0.25) is 19.2 Å². The summed E-state index contributed by atoms with van der Waals surface area (Å²) in [4.78, 5) is 23.5. The highest BCUT2D eigenvalue weighted by molar-refractivity contribution is 7.92. The number of benzene rings is 4. The molecular weight excluding hydrogens is 659 g/mol. The molecule has 0 bridgehead atoms. The highest BCUT2D eigenvalue weighted by Crippen LogP contribution is 2.36. The summed E-state index contributed by atoms with van der Waals surface area (Å²) in [7, 11) is -1.75. The van der Waals surface area contributed by atoms with E-state index in [0.717, 1.165) is 15.9 Å². The second kappa shape index (κ2) is 15.0. The van der Waals surface area contributed by atoms with Gasteiger partial charge in [0.05, 0.1) is 35.9 Å². The van der Waals surface area contributed by atoms with Crippen molar-refractivity contribution in [1.29, 1.82) is 0 Å². The number of carbonyl (C=O) groups is 1. The quantitative estimate of drug-likeness (QED) is 0.0999. The fourth-order valence-corrected chi connectivity index (χ4v) is 5.94. The first-order valence-corrected chi connectivity index (χ1v) is 15.6. The number of hydrogen-bond acceptors (Lipinski definition) is 9. The van der Waals surface area contributed by atoms with Crippen LogP contribution in [0, 0.1) is 17.0 Å². The molecule has 0 aliphatic rings. The van der Waals surface area contributed by atoms with E-state index in [-0.39, 0.29) is 28.6 Å². The largest absolute Gasteiger partial charge is 0.495 e. The van der Waals surface area contributed by atoms with Crippen molar-refractivity contribution in [1.82, 2.24) is 5.43 Å². The number of aryl methyl sites for hydroxylation is 1. The van der Waals surface area contributed by atoms with Crippen LogP contribution in [-0.2, 0) is 21.4 Å². The Bertz CT molecular complexity index is 1890. The van der Waals surface area contributed by atoms with E-state index in [2.05, 4.69) is 10.5 Å². The third-order valence-corrected chi connectivity index (χ3v) is 8.80. The topological polar surface area (TPSA) is 150 Å². The Labute approximate surface area is 275 Å². The number of hydrazone groups is 1. The molecule has 0 fully saturated rings. The van der Waals surface area contributed by atoms with E-state index in [1.165, 1.54) is 57.7 Å². The summed E-state index contributed by atoms with van der Waals surface area (Å²) in [6.07, 6.45) is 1.34. The van der Waals surface area contributed by atoms with Crippen LogP contribution in [-0.4, -0.2) is 46.2 Å². The summed E-state index contributed by atoms with van der Waals surface area (Å²) in [5.41, 5.74) is 3.57. The van der Waals surface area contributed by atoms with Crippen LogP contribution in [0.1, 0.15) is 16.7 Å². The van der Waals surface area contributed by atoms with E-state index in [1.807, 2.05) is 12.1 Å². The van der Waals surface area contributed by atoms with Crippen molar-refractivity contribution in [3.63, 3.8) is 0 Å². The number of nitro groups is 1. The molecule has 15 heteroatoms. The van der Waals surface area contributed by atoms with Gasteiger partial charge in [-0.2, -0.15) is 5.10 Å². The Hall–Kier alpha value is -4.85. The number of anilines is 1. The number of rotatable bonds is 13. The molecule has 0 aromatic heterocycles. The number of halogens is 2. The molecule has 0 saturated heterocycles. The average molecular weight is 688 g/mol. The molecular formula is C31H28Cl2N4O8S. The standard InChI is InChI=1S/C31H28Cl2N4O8S/c1-20-4-11-25(16-26(20)37(39)40)46(41,42)36(27-15-24(33)10-13-28(27)43-2)18-31(38)35-34-17-22-7-12-29(30(14-22)44-3)45-19-21-5-8-23(32)9-6-21/h4-17H,18-19H2,1-3H3,(H,35,38)/b34-17-. The second-order valence-electron chi connectivity index (χ2n) is 9.65. The minimum absolute atomic E-state index is 0.0590. The maximum Gasteiger partial charge on any atom is 0.273 e. The van der Waals surface area contributed by atoms with Crippen LogP contribution in [0.5, 0.6) is 17.2 Å². The molecule has 0 aliphatic heterocycles. The van der Waals surface area contributed by atoms with Crippen LogP contribution in [0.4, 0.5) is 11.4 Å². The molecule has 0 atom stereocenters. The monoisotopic (exact) mass is 686 g/mol. The number of sulfonamides is 1. The number of ether oxygens (including phenoxy) is 3. The maximum atomic E-state index is 13.8. The Balaban J connectivity index is 1.55. The SMILES string of the molecule is COc1cc(/C=N\NC(=O)CN(c2cc(Cl)ccc2OC)S(=O)(=O)c2ccc(C)c([N+](=O)[O-])c2)ccc1OCc1ccc(Cl)cc1. The number of amides is 1. The van der Waals surface area contributed by atoms with Crippen LogP contribution in [0.3, 0.4) is 0 Å². The normalized spacial score (nSPS) is 11.2. The molecule has 0 radical (unpaired) electrons. The van der Waals surface area contributed by atoms with E-state index >= 15 is 0 Å². The van der Waals surface area contributed by atoms with Gasteiger partial charge in [0.15, 0.2) is 11.5 Å². The van der Waals surface area contributed by atoms with Crippen molar-refractivity contribution in [2.24, 2.45) is 5.10 Å². The molecule has 4 rings (SSSR count). The number of carbonyl (C=O) groups excluding carboxylic acids is 1. The summed E-state index contributed by atoms with van der Waals surface area (Å²) in [6.45, 7) is 0.998. The molecule has 1 amide bonds. The van der Waals surface area contributed by atoms with Gasteiger partial charge in [0.25, 0.3) is 21.6 Å². The third-order valence-electron chi connectivity index (χ3n) is 6.56. The number of hydrogen-bond donors (Lipinski definition) is 1. The van der Waals surface area contributed by atoms with Crippen molar-refractivity contribution in [2.45, 2.75) is 18.4 Å². The first-order valence-electron chi connectivity index (χ1n) is 13.4. The van der Waals surface area contributed by atoms with Gasteiger partial charge >= 0.3 is 0 Å². The Morgan fingerprint density at radius 3 is 2.28 bits per heavy atom. The lowest BCUT2D eigenvalue weighted by Crippen LogP contribution is -2.39. The molecule has 46 heavy (non-hydrogen) atoms. The van der Waals surface area contributed by atoms with Gasteiger partial charge in [0.1, 0.15) is 18.9 Å². The van der Waals surface area contributed by atoms with Gasteiger partial charge in [0.2, 0.25) is 0 Å². The Morgan fingerprint density at radius 2 is 1.61 bits per heavy atom. The molecule has 0 saturated carbocycles. The van der Waals surface area contributed by atoms with Gasteiger partial charge in [-0.1, -0.05) is 41.4 Å². The van der Waals surface area contributed by atoms with E-state index < -0.39 is 38.0 Å². The van der Waals surface area contributed by atoms with Crippen LogP contribution < -0.4 is 23.9 Å². The fourth-order valence-electron chi connectivity index (χ4n) is 4.20. The van der Waals surface area contributed by atoms with Gasteiger partial charge in [-0.05, 0) is 72.6 Å². The predicted molar refractivity (Wildman–Crippen MR) is 175 cm³/mol. The summed E-state index contributed by atoms with van der Waals surface area (Å²) in [5, 5.41) is 16.3. The van der Waals surface area contributed by atoms with E-state index in [1.54, 1.807) is 30.3 Å². The van der Waals surface area contributed by atoms with Crippen molar-refractivity contribution < 1.29 is 32.3 Å². The molecule has 0 spiro atoms. The highest BCUT2D eigenvalue weighted by Gasteiger charge is 2.31. The van der Waals surface area contributed by atoms with Crippen molar-refractivity contribution in [3.05, 3.63) is 116 Å². The molecule has 240 valence electrons. The number of nitrogens with one attached hydrogen (secondary N) is 1. The minimum Gasteiger partial charge on any atom is -0.495 e. The van der Waals surface area contributed by atoms with Crippen LogP contribution >= 0.6 is 23.2 Å². The number of nitro benzene ring substituents is 1.